The van der Waals surface area contributed by atoms with Crippen molar-refractivity contribution in [3.05, 3.63) is 148 Å². The fourth-order valence-corrected chi connectivity index (χ4v) is 12.7. The number of fused-ring (bicyclic) bond motifs is 6. The molecule has 0 unspecified atom stereocenters. The maximum atomic E-state index is 2.69. The summed E-state index contributed by atoms with van der Waals surface area (Å²) >= 11 is 0. The minimum Gasteiger partial charge on any atom is -0.311 e. The van der Waals surface area contributed by atoms with E-state index in [9.17, 15) is 0 Å². The lowest BCUT2D eigenvalue weighted by molar-refractivity contribution is 0.403. The van der Waals surface area contributed by atoms with E-state index < -0.39 is 0 Å². The molecule has 0 saturated carbocycles. The molecule has 2 aliphatic carbocycles. The van der Waals surface area contributed by atoms with Crippen LogP contribution in [0, 0.1) is 6.92 Å². The predicted octanol–water partition coefficient (Wildman–Crippen LogP) is 14.3. The van der Waals surface area contributed by atoms with Crippen LogP contribution in [0.15, 0.2) is 109 Å². The molecule has 0 aromatic heterocycles. The average molecular weight is 815 g/mol. The lowest BCUT2D eigenvalue weighted by atomic mass is 9.33. The molecule has 0 N–H and O–H groups in total. The van der Waals surface area contributed by atoms with Crippen LogP contribution in [0.3, 0.4) is 0 Å². The van der Waals surface area contributed by atoms with Gasteiger partial charge in [-0.05, 0) is 161 Å². The Labute approximate surface area is 373 Å². The first-order valence-corrected chi connectivity index (χ1v) is 23.3. The van der Waals surface area contributed by atoms with Crippen LogP contribution in [-0.2, 0) is 32.5 Å². The Morgan fingerprint density at radius 1 is 0.435 bits per heavy atom. The zero-order valence-electron chi connectivity index (χ0n) is 40.3. The molecule has 2 nitrogen and oxygen atoms in total. The molecule has 62 heavy (non-hydrogen) atoms. The Bertz CT molecular complexity index is 2840. The van der Waals surface area contributed by atoms with E-state index in [1.54, 1.807) is 0 Å². The first-order chi connectivity index (χ1) is 28.9. The second kappa shape index (κ2) is 13.0. The molecule has 0 spiro atoms. The molecular formula is C59H67BN2. The van der Waals surface area contributed by atoms with Crippen LogP contribution in [0.2, 0.25) is 0 Å². The molecule has 0 fully saturated rings. The van der Waals surface area contributed by atoms with Crippen molar-refractivity contribution in [3.8, 4) is 11.1 Å². The molecule has 4 aliphatic rings. The maximum absolute atomic E-state index is 2.69. The van der Waals surface area contributed by atoms with E-state index >= 15 is 0 Å². The van der Waals surface area contributed by atoms with E-state index in [2.05, 4.69) is 223 Å². The van der Waals surface area contributed by atoms with Gasteiger partial charge in [-0.15, -0.1) is 0 Å². The lowest BCUT2D eigenvalue weighted by Gasteiger charge is -2.46. The first kappa shape index (κ1) is 41.0. The summed E-state index contributed by atoms with van der Waals surface area (Å²) in [7, 11) is 0. The van der Waals surface area contributed by atoms with Gasteiger partial charge in [0, 0.05) is 34.1 Å². The van der Waals surface area contributed by atoms with E-state index in [1.807, 2.05) is 0 Å². The van der Waals surface area contributed by atoms with Gasteiger partial charge >= 0.3 is 0 Å². The van der Waals surface area contributed by atoms with Crippen LogP contribution in [-0.4, -0.2) is 6.71 Å². The van der Waals surface area contributed by atoms with Gasteiger partial charge in [0.25, 0.3) is 6.71 Å². The summed E-state index contributed by atoms with van der Waals surface area (Å²) in [6.45, 7) is 36.2. The number of nitrogens with zero attached hydrogens (tertiary/aromatic N) is 2. The average Bonchev–Trinajstić information content (AvgIpc) is 3.49. The molecule has 0 atom stereocenters. The zero-order chi connectivity index (χ0) is 44.3. The summed E-state index contributed by atoms with van der Waals surface area (Å²) in [5, 5.41) is 0. The van der Waals surface area contributed by atoms with Crippen LogP contribution >= 0.6 is 0 Å². The summed E-state index contributed by atoms with van der Waals surface area (Å²) in [4.78, 5) is 5.34. The van der Waals surface area contributed by atoms with Crippen LogP contribution in [0.25, 0.3) is 11.1 Å². The number of aryl methyl sites for hydroxylation is 1. The second-order valence-corrected chi connectivity index (χ2v) is 24.2. The van der Waals surface area contributed by atoms with Gasteiger partial charge in [-0.25, -0.2) is 0 Å². The fraction of sp³-hybridized carbons (Fsp3) is 0.390. The summed E-state index contributed by atoms with van der Waals surface area (Å²) < 4.78 is 0. The third kappa shape index (κ3) is 6.11. The van der Waals surface area contributed by atoms with Crippen LogP contribution in [0.1, 0.15) is 149 Å². The summed E-state index contributed by atoms with van der Waals surface area (Å²) in [5.74, 6) is 0. The normalized spacial score (nSPS) is 18.5. The van der Waals surface area contributed by atoms with Gasteiger partial charge in [-0.2, -0.15) is 0 Å². The maximum Gasteiger partial charge on any atom is 0.252 e. The molecular weight excluding hydrogens is 747 g/mol. The standard InChI is InChI=1S/C59H67BN2/c1-36-27-39(54(2,3)4)22-26-48(36)62-49-28-38(37-19-17-16-18-20-37)21-25-46(49)60-47-32-44-45(59(14,15)35-58(44,12)13)33-50(47)61(51-29-40(55(5,6)7)30-52(62)53(51)60)41-23-24-42-43(31-41)57(10,11)34-56(42,8)9/h16-33H,34-35H2,1-15H3. The predicted molar refractivity (Wildman–Crippen MR) is 269 cm³/mol. The van der Waals surface area contributed by atoms with Crippen molar-refractivity contribution in [2.75, 3.05) is 9.80 Å². The molecule has 316 valence electrons. The van der Waals surface area contributed by atoms with Gasteiger partial charge < -0.3 is 9.80 Å². The lowest BCUT2D eigenvalue weighted by Crippen LogP contribution is -2.61. The van der Waals surface area contributed by atoms with E-state index in [0.717, 1.165) is 12.8 Å². The Hall–Kier alpha value is -5.02. The molecule has 0 radical (unpaired) electrons. The summed E-state index contributed by atoms with van der Waals surface area (Å²) in [6, 6.07) is 43.4. The van der Waals surface area contributed by atoms with Crippen molar-refractivity contribution >= 4 is 57.2 Å². The number of anilines is 6. The SMILES string of the molecule is Cc1cc(C(C)(C)C)ccc1N1c2cc(-c3ccccc3)ccc2B2c3cc4c(cc3N(c3ccc5c(c3)C(C)(C)CC5(C)C)c3cc(C(C)(C)C)cc1c32)C(C)(C)CC4(C)C. The summed E-state index contributed by atoms with van der Waals surface area (Å²) in [6.07, 6.45) is 2.28. The molecule has 0 amide bonds. The van der Waals surface area contributed by atoms with Crippen molar-refractivity contribution in [1.82, 2.24) is 0 Å². The Morgan fingerprint density at radius 3 is 1.61 bits per heavy atom. The fourth-order valence-electron chi connectivity index (χ4n) is 12.7. The Balaban J connectivity index is 1.34. The van der Waals surface area contributed by atoms with Crippen LogP contribution in [0.4, 0.5) is 34.1 Å². The number of hydrogen-bond donors (Lipinski definition) is 0. The van der Waals surface area contributed by atoms with E-state index in [0.29, 0.717) is 0 Å². The quantitative estimate of drug-likeness (QED) is 0.164. The Morgan fingerprint density at radius 2 is 1.00 bits per heavy atom. The van der Waals surface area contributed by atoms with Gasteiger partial charge in [0.15, 0.2) is 0 Å². The smallest absolute Gasteiger partial charge is 0.252 e. The van der Waals surface area contributed by atoms with Gasteiger partial charge in [-0.1, -0.05) is 164 Å². The molecule has 0 saturated heterocycles. The van der Waals surface area contributed by atoms with E-state index in [4.69, 9.17) is 0 Å². The van der Waals surface area contributed by atoms with Crippen LogP contribution in [0.5, 0.6) is 0 Å². The molecule has 10 rings (SSSR count). The van der Waals surface area contributed by atoms with Crippen molar-refractivity contribution in [2.45, 2.75) is 149 Å². The minimum atomic E-state index is -0.0934. The highest BCUT2D eigenvalue weighted by atomic mass is 15.2. The third-order valence-electron chi connectivity index (χ3n) is 15.4. The van der Waals surface area contributed by atoms with E-state index in [-0.39, 0.29) is 39.2 Å². The topological polar surface area (TPSA) is 6.48 Å². The van der Waals surface area contributed by atoms with Crippen molar-refractivity contribution in [1.29, 1.82) is 0 Å². The molecule has 3 heteroatoms. The molecule has 6 aromatic carbocycles. The van der Waals surface area contributed by atoms with E-state index in [1.165, 1.54) is 101 Å². The third-order valence-corrected chi connectivity index (χ3v) is 15.4. The highest BCUT2D eigenvalue weighted by Crippen LogP contribution is 2.55. The second-order valence-electron chi connectivity index (χ2n) is 24.2. The zero-order valence-corrected chi connectivity index (χ0v) is 40.3. The summed E-state index contributed by atoms with van der Waals surface area (Å²) in [5.41, 5.74) is 24.7. The number of benzene rings is 6. The first-order valence-electron chi connectivity index (χ1n) is 23.3. The minimum absolute atomic E-state index is 0.0481. The monoisotopic (exact) mass is 815 g/mol. The highest BCUT2D eigenvalue weighted by Gasteiger charge is 2.49. The highest BCUT2D eigenvalue weighted by molar-refractivity contribution is 7.00. The number of rotatable bonds is 3. The van der Waals surface area contributed by atoms with Gasteiger partial charge in [-0.3, -0.25) is 0 Å². The van der Waals surface area contributed by atoms with Gasteiger partial charge in [0.05, 0.1) is 0 Å². The van der Waals surface area contributed by atoms with Crippen LogP contribution < -0.4 is 26.2 Å². The molecule has 2 aliphatic heterocycles. The van der Waals surface area contributed by atoms with Gasteiger partial charge in [0.2, 0.25) is 0 Å². The Kier molecular flexibility index (Phi) is 8.62. The van der Waals surface area contributed by atoms with Crippen molar-refractivity contribution in [3.63, 3.8) is 0 Å². The number of hydrogen-bond acceptors (Lipinski definition) is 2. The largest absolute Gasteiger partial charge is 0.311 e. The van der Waals surface area contributed by atoms with Gasteiger partial charge in [0.1, 0.15) is 0 Å². The molecule has 0 bridgehead atoms. The van der Waals surface area contributed by atoms with Crippen molar-refractivity contribution < 1.29 is 0 Å². The molecule has 2 heterocycles. The van der Waals surface area contributed by atoms with Crippen molar-refractivity contribution in [2.24, 2.45) is 0 Å². The molecule has 6 aromatic rings.